The summed E-state index contributed by atoms with van der Waals surface area (Å²) in [5.74, 6) is 0.774. The molecule has 2 fully saturated rings. The fraction of sp³-hybridized carbons (Fsp3) is 0.526. The van der Waals surface area contributed by atoms with E-state index in [0.717, 1.165) is 37.9 Å². The second-order valence-electron chi connectivity index (χ2n) is 7.25. The predicted molar refractivity (Wildman–Crippen MR) is 96.9 cm³/mol. The molecule has 2 aromatic rings. The van der Waals surface area contributed by atoms with Gasteiger partial charge in [-0.05, 0) is 37.8 Å². The number of rotatable bonds is 4. The van der Waals surface area contributed by atoms with E-state index in [-0.39, 0.29) is 12.0 Å². The number of para-hydroxylation sites is 1. The summed E-state index contributed by atoms with van der Waals surface area (Å²) in [4.78, 5) is 14.5. The number of ether oxygens (including phenoxy) is 1. The zero-order chi connectivity index (χ0) is 17.9. The van der Waals surface area contributed by atoms with E-state index in [0.29, 0.717) is 30.9 Å². The molecule has 0 unspecified atom stereocenters. The van der Waals surface area contributed by atoms with Crippen LogP contribution in [0.15, 0.2) is 36.5 Å². The van der Waals surface area contributed by atoms with Crippen molar-refractivity contribution >= 4 is 5.91 Å². The molecule has 1 saturated heterocycles. The molecule has 1 aromatic heterocycles. The SMILES string of the molecule is NC1CCC(n2cc(C(=O)N3CC[C@@H](Oc4ccccc4)C3)nn2)CC1. The van der Waals surface area contributed by atoms with Gasteiger partial charge in [-0.2, -0.15) is 0 Å². The topological polar surface area (TPSA) is 86.3 Å². The summed E-state index contributed by atoms with van der Waals surface area (Å²) >= 11 is 0. The molecule has 7 heteroatoms. The van der Waals surface area contributed by atoms with Gasteiger partial charge in [0.05, 0.1) is 18.8 Å². The zero-order valence-electron chi connectivity index (χ0n) is 14.8. The Labute approximate surface area is 153 Å². The van der Waals surface area contributed by atoms with Gasteiger partial charge in [-0.25, -0.2) is 4.68 Å². The van der Waals surface area contributed by atoms with Crippen molar-refractivity contribution in [1.29, 1.82) is 0 Å². The highest BCUT2D eigenvalue weighted by atomic mass is 16.5. The third kappa shape index (κ3) is 3.72. The third-order valence-corrected chi connectivity index (χ3v) is 5.32. The van der Waals surface area contributed by atoms with E-state index in [1.807, 2.05) is 35.0 Å². The molecule has 0 radical (unpaired) electrons. The van der Waals surface area contributed by atoms with Crippen LogP contribution in [-0.2, 0) is 0 Å². The van der Waals surface area contributed by atoms with E-state index in [2.05, 4.69) is 10.3 Å². The molecule has 7 nitrogen and oxygen atoms in total. The van der Waals surface area contributed by atoms with Crippen LogP contribution in [0.4, 0.5) is 0 Å². The Kier molecular flexibility index (Phi) is 4.88. The first-order valence-corrected chi connectivity index (χ1v) is 9.37. The largest absolute Gasteiger partial charge is 0.489 e. The van der Waals surface area contributed by atoms with Gasteiger partial charge in [0.1, 0.15) is 11.9 Å². The first-order chi connectivity index (χ1) is 12.7. The lowest BCUT2D eigenvalue weighted by Crippen LogP contribution is -2.31. The van der Waals surface area contributed by atoms with Gasteiger partial charge in [0.25, 0.3) is 5.91 Å². The van der Waals surface area contributed by atoms with Gasteiger partial charge in [0, 0.05) is 19.0 Å². The Morgan fingerprint density at radius 2 is 1.88 bits per heavy atom. The minimum atomic E-state index is -0.0667. The van der Waals surface area contributed by atoms with Crippen LogP contribution in [0.1, 0.15) is 48.6 Å². The molecule has 26 heavy (non-hydrogen) atoms. The predicted octanol–water partition coefficient (Wildman–Crippen LogP) is 2.01. The minimum absolute atomic E-state index is 0.0243. The van der Waals surface area contributed by atoms with Crippen LogP contribution in [-0.4, -0.2) is 51.0 Å². The summed E-state index contributed by atoms with van der Waals surface area (Å²) in [6.45, 7) is 1.26. The maximum atomic E-state index is 12.7. The van der Waals surface area contributed by atoms with Gasteiger partial charge in [0.2, 0.25) is 0 Å². The molecule has 1 aliphatic carbocycles. The van der Waals surface area contributed by atoms with Gasteiger partial charge < -0.3 is 15.4 Å². The molecule has 4 rings (SSSR count). The number of hydrogen-bond donors (Lipinski definition) is 1. The lowest BCUT2D eigenvalue weighted by atomic mass is 9.92. The number of amides is 1. The van der Waals surface area contributed by atoms with E-state index in [1.54, 1.807) is 11.1 Å². The van der Waals surface area contributed by atoms with Crippen molar-refractivity contribution < 1.29 is 9.53 Å². The van der Waals surface area contributed by atoms with Crippen LogP contribution in [0, 0.1) is 0 Å². The lowest BCUT2D eigenvalue weighted by molar-refractivity contribution is 0.0766. The van der Waals surface area contributed by atoms with Crippen LogP contribution < -0.4 is 10.5 Å². The van der Waals surface area contributed by atoms with Crippen LogP contribution >= 0.6 is 0 Å². The van der Waals surface area contributed by atoms with Crippen LogP contribution in [0.2, 0.25) is 0 Å². The fourth-order valence-electron chi connectivity index (χ4n) is 3.78. The fourth-order valence-corrected chi connectivity index (χ4v) is 3.78. The van der Waals surface area contributed by atoms with Crippen molar-refractivity contribution in [1.82, 2.24) is 19.9 Å². The summed E-state index contributed by atoms with van der Waals surface area (Å²) < 4.78 is 7.80. The first-order valence-electron chi connectivity index (χ1n) is 9.37. The van der Waals surface area contributed by atoms with E-state index >= 15 is 0 Å². The standard InChI is InChI=1S/C19H25N5O2/c20-14-6-8-15(9-7-14)24-13-18(21-22-24)19(25)23-11-10-17(12-23)26-16-4-2-1-3-5-16/h1-5,13-15,17H,6-12,20H2/t14?,15?,17-/m1/s1. The molecular weight excluding hydrogens is 330 g/mol. The average Bonchev–Trinajstić information content (AvgIpc) is 3.33. The number of nitrogens with zero attached hydrogens (tertiary/aromatic N) is 4. The number of benzene rings is 1. The highest BCUT2D eigenvalue weighted by molar-refractivity contribution is 5.92. The Hall–Kier alpha value is -2.41. The lowest BCUT2D eigenvalue weighted by Gasteiger charge is -2.25. The second-order valence-corrected chi connectivity index (χ2v) is 7.25. The Bertz CT molecular complexity index is 739. The van der Waals surface area contributed by atoms with Crippen molar-refractivity contribution in [3.63, 3.8) is 0 Å². The van der Waals surface area contributed by atoms with Crippen LogP contribution in [0.5, 0.6) is 5.75 Å². The van der Waals surface area contributed by atoms with E-state index < -0.39 is 0 Å². The Balaban J connectivity index is 1.35. The molecule has 1 aromatic carbocycles. The summed E-state index contributed by atoms with van der Waals surface area (Å²) in [7, 11) is 0. The van der Waals surface area contributed by atoms with Crippen molar-refractivity contribution in [2.45, 2.75) is 50.3 Å². The number of aromatic nitrogens is 3. The number of carbonyl (C=O) groups excluding carboxylic acids is 1. The van der Waals surface area contributed by atoms with Crippen molar-refractivity contribution in [2.75, 3.05) is 13.1 Å². The number of nitrogens with two attached hydrogens (primary N) is 1. The summed E-state index contributed by atoms with van der Waals surface area (Å²) in [5.41, 5.74) is 6.38. The highest BCUT2D eigenvalue weighted by Gasteiger charge is 2.30. The molecule has 2 N–H and O–H groups in total. The van der Waals surface area contributed by atoms with Crippen molar-refractivity contribution in [2.24, 2.45) is 5.73 Å². The molecule has 0 spiro atoms. The van der Waals surface area contributed by atoms with E-state index in [4.69, 9.17) is 10.5 Å². The van der Waals surface area contributed by atoms with Crippen LogP contribution in [0.3, 0.4) is 0 Å². The van der Waals surface area contributed by atoms with Crippen LogP contribution in [0.25, 0.3) is 0 Å². The smallest absolute Gasteiger partial charge is 0.276 e. The average molecular weight is 355 g/mol. The maximum absolute atomic E-state index is 12.7. The normalized spacial score (nSPS) is 26.0. The quantitative estimate of drug-likeness (QED) is 0.907. The molecule has 1 amide bonds. The monoisotopic (exact) mass is 355 g/mol. The van der Waals surface area contributed by atoms with Gasteiger partial charge in [-0.3, -0.25) is 4.79 Å². The molecule has 2 heterocycles. The number of hydrogen-bond acceptors (Lipinski definition) is 5. The molecule has 0 bridgehead atoms. The summed E-state index contributed by atoms with van der Waals surface area (Å²) in [6, 6.07) is 10.3. The molecule has 1 atom stereocenters. The molecule has 138 valence electrons. The Morgan fingerprint density at radius 1 is 1.12 bits per heavy atom. The third-order valence-electron chi connectivity index (χ3n) is 5.32. The second kappa shape index (κ2) is 7.45. The molecule has 1 saturated carbocycles. The zero-order valence-corrected chi connectivity index (χ0v) is 14.8. The van der Waals surface area contributed by atoms with Gasteiger partial charge in [0.15, 0.2) is 5.69 Å². The first kappa shape index (κ1) is 17.0. The van der Waals surface area contributed by atoms with Crippen molar-refractivity contribution in [3.8, 4) is 5.75 Å². The highest BCUT2D eigenvalue weighted by Crippen LogP contribution is 2.27. The summed E-state index contributed by atoms with van der Waals surface area (Å²) in [5, 5.41) is 8.30. The van der Waals surface area contributed by atoms with Gasteiger partial charge >= 0.3 is 0 Å². The maximum Gasteiger partial charge on any atom is 0.276 e. The van der Waals surface area contributed by atoms with E-state index in [1.165, 1.54) is 0 Å². The van der Waals surface area contributed by atoms with E-state index in [9.17, 15) is 4.79 Å². The number of carbonyl (C=O) groups is 1. The number of likely N-dealkylation sites (tertiary alicyclic amines) is 1. The Morgan fingerprint density at radius 3 is 2.65 bits per heavy atom. The molecule has 2 aliphatic rings. The molecular formula is C19H25N5O2. The molecule has 1 aliphatic heterocycles. The van der Waals surface area contributed by atoms with Gasteiger partial charge in [-0.1, -0.05) is 23.4 Å². The van der Waals surface area contributed by atoms with Gasteiger partial charge in [-0.15, -0.1) is 5.10 Å². The summed E-state index contributed by atoms with van der Waals surface area (Å²) in [6.07, 6.45) is 6.63. The van der Waals surface area contributed by atoms with Crippen molar-refractivity contribution in [3.05, 3.63) is 42.2 Å². The minimum Gasteiger partial charge on any atom is -0.489 e.